The maximum Gasteiger partial charge on any atom is 0.330 e. The lowest BCUT2D eigenvalue weighted by molar-refractivity contribution is -0.143. The summed E-state index contributed by atoms with van der Waals surface area (Å²) in [6.45, 7) is 4.93. The van der Waals surface area contributed by atoms with Crippen molar-refractivity contribution in [1.29, 1.82) is 0 Å². The molecule has 0 aliphatic heterocycles. The summed E-state index contributed by atoms with van der Waals surface area (Å²) in [4.78, 5) is 36.2. The molecule has 0 fully saturated rings. The van der Waals surface area contributed by atoms with Crippen molar-refractivity contribution >= 4 is 17.6 Å². The molecule has 2 aromatic carbocycles. The van der Waals surface area contributed by atoms with E-state index < -0.39 is 0 Å². The minimum absolute atomic E-state index is 0.158. The Kier molecular flexibility index (Phi) is 9.28. The van der Waals surface area contributed by atoms with Gasteiger partial charge in [-0.2, -0.15) is 0 Å². The van der Waals surface area contributed by atoms with Gasteiger partial charge in [-0.1, -0.05) is 35.9 Å². The minimum atomic E-state index is -0.377. The van der Waals surface area contributed by atoms with Gasteiger partial charge in [0.05, 0.1) is 19.6 Å². The third kappa shape index (κ3) is 7.31. The Labute approximate surface area is 209 Å². The second kappa shape index (κ2) is 12.4. The van der Waals surface area contributed by atoms with Crippen LogP contribution in [0.2, 0.25) is 5.02 Å². The number of rotatable bonds is 11. The maximum absolute atomic E-state index is 12.1. The molecule has 9 heteroatoms. The van der Waals surface area contributed by atoms with E-state index in [9.17, 15) is 14.4 Å². The summed E-state index contributed by atoms with van der Waals surface area (Å²) >= 11 is 6.01. The van der Waals surface area contributed by atoms with Crippen LogP contribution in [-0.4, -0.2) is 28.3 Å². The molecule has 0 spiro atoms. The fraction of sp³-hybridized carbons (Fsp3) is 0.346. The van der Waals surface area contributed by atoms with Crippen molar-refractivity contribution in [1.82, 2.24) is 14.5 Å². The third-order valence-electron chi connectivity index (χ3n) is 5.55. The van der Waals surface area contributed by atoms with Gasteiger partial charge in [-0.15, -0.1) is 0 Å². The molecule has 1 unspecified atom stereocenters. The van der Waals surface area contributed by atoms with Crippen molar-refractivity contribution in [2.24, 2.45) is 7.05 Å². The number of carbonyl (C=O) groups is 1. The molecular weight excluding hydrogens is 470 g/mol. The average Bonchev–Trinajstić information content (AvgIpc) is 2.83. The molecule has 0 bridgehead atoms. The number of hydrogen-bond acceptors (Lipinski definition) is 6. The van der Waals surface area contributed by atoms with Crippen LogP contribution in [0.4, 0.5) is 0 Å². The largest absolute Gasteiger partial charge is 0.491 e. The monoisotopic (exact) mass is 499 g/mol. The first-order chi connectivity index (χ1) is 16.8. The van der Waals surface area contributed by atoms with Crippen molar-refractivity contribution in [2.45, 2.75) is 39.4 Å². The minimum Gasteiger partial charge on any atom is -0.491 e. The number of hydrogen-bond donors (Lipinski definition) is 1. The smallest absolute Gasteiger partial charge is 0.330 e. The molecule has 0 radical (unpaired) electrons. The van der Waals surface area contributed by atoms with Crippen LogP contribution >= 0.6 is 11.6 Å². The highest BCUT2D eigenvalue weighted by atomic mass is 35.5. The van der Waals surface area contributed by atoms with E-state index >= 15 is 0 Å². The van der Waals surface area contributed by atoms with E-state index in [4.69, 9.17) is 21.1 Å². The van der Waals surface area contributed by atoms with Gasteiger partial charge in [0.25, 0.3) is 5.56 Å². The van der Waals surface area contributed by atoms with Crippen LogP contribution in [0.5, 0.6) is 5.75 Å². The van der Waals surface area contributed by atoms with E-state index in [0.29, 0.717) is 23.9 Å². The molecular formula is C26H30ClN3O5. The lowest BCUT2D eigenvalue weighted by atomic mass is 10.0. The van der Waals surface area contributed by atoms with Gasteiger partial charge in [0.2, 0.25) is 0 Å². The van der Waals surface area contributed by atoms with Gasteiger partial charge in [-0.3, -0.25) is 14.2 Å². The number of aryl methyl sites for hydroxylation is 2. The molecule has 186 valence electrons. The number of carbonyl (C=O) groups excluding carboxylic acids is 1. The Morgan fingerprint density at radius 2 is 1.86 bits per heavy atom. The summed E-state index contributed by atoms with van der Waals surface area (Å²) in [7, 11) is 1.60. The number of nitrogens with zero attached hydrogens (tertiary/aromatic N) is 2. The Morgan fingerprint density at radius 3 is 2.54 bits per heavy atom. The predicted octanol–water partition coefficient (Wildman–Crippen LogP) is 3.37. The highest BCUT2D eigenvalue weighted by molar-refractivity contribution is 6.30. The summed E-state index contributed by atoms with van der Waals surface area (Å²) in [6, 6.07) is 14.3. The fourth-order valence-electron chi connectivity index (χ4n) is 3.68. The number of nitrogens with one attached hydrogen (secondary N) is 1. The lowest BCUT2D eigenvalue weighted by Crippen LogP contribution is -2.39. The van der Waals surface area contributed by atoms with Gasteiger partial charge in [-0.25, -0.2) is 4.79 Å². The number of ether oxygens (including phenoxy) is 2. The average molecular weight is 500 g/mol. The summed E-state index contributed by atoms with van der Waals surface area (Å²) in [5.74, 6) is 0.405. The molecule has 3 rings (SSSR count). The molecule has 0 amide bonds. The van der Waals surface area contributed by atoms with E-state index in [1.54, 1.807) is 26.1 Å². The van der Waals surface area contributed by atoms with Gasteiger partial charge in [0.1, 0.15) is 12.4 Å². The summed E-state index contributed by atoms with van der Waals surface area (Å²) < 4.78 is 13.5. The molecule has 35 heavy (non-hydrogen) atoms. The standard InChI is InChI=1S/C26H30ClN3O5/c1-4-34-25(32)16-22(20-6-8-21(27)9-7-20)28-17-19-5-10-23(18(2)15-19)35-14-13-30-24(31)11-12-29(3)26(30)33/h5-12,15,22,28H,4,13-14,16-17H2,1-3H3. The zero-order chi connectivity index (χ0) is 25.4. The highest BCUT2D eigenvalue weighted by Crippen LogP contribution is 2.23. The molecule has 0 saturated heterocycles. The molecule has 1 N–H and O–H groups in total. The van der Waals surface area contributed by atoms with E-state index in [1.165, 1.54) is 16.8 Å². The van der Waals surface area contributed by atoms with Gasteiger partial charge < -0.3 is 19.4 Å². The molecule has 8 nitrogen and oxygen atoms in total. The zero-order valence-corrected chi connectivity index (χ0v) is 20.9. The van der Waals surface area contributed by atoms with Crippen molar-refractivity contribution in [3.05, 3.63) is 97.3 Å². The number of halogens is 1. The quantitative estimate of drug-likeness (QED) is 0.407. The van der Waals surface area contributed by atoms with Crippen LogP contribution in [-0.2, 0) is 29.7 Å². The maximum atomic E-state index is 12.1. The Morgan fingerprint density at radius 1 is 1.11 bits per heavy atom. The van der Waals surface area contributed by atoms with Crippen LogP contribution < -0.4 is 21.3 Å². The molecule has 1 heterocycles. The molecule has 3 aromatic rings. The van der Waals surface area contributed by atoms with Crippen LogP contribution in [0, 0.1) is 6.92 Å². The van der Waals surface area contributed by atoms with Crippen molar-refractivity contribution in [3.63, 3.8) is 0 Å². The Balaban J connectivity index is 1.63. The van der Waals surface area contributed by atoms with Gasteiger partial charge in [0.15, 0.2) is 0 Å². The van der Waals surface area contributed by atoms with Gasteiger partial charge in [0, 0.05) is 36.9 Å². The van der Waals surface area contributed by atoms with Gasteiger partial charge in [-0.05, 0) is 48.7 Å². The first-order valence-corrected chi connectivity index (χ1v) is 11.8. The van der Waals surface area contributed by atoms with Crippen LogP contribution in [0.1, 0.15) is 36.1 Å². The molecule has 1 atom stereocenters. The molecule has 0 aliphatic carbocycles. The van der Waals surface area contributed by atoms with Crippen molar-refractivity contribution in [3.8, 4) is 5.75 Å². The molecule has 0 saturated carbocycles. The second-order valence-electron chi connectivity index (χ2n) is 8.14. The SMILES string of the molecule is CCOC(=O)CC(NCc1ccc(OCCn2c(=O)ccn(C)c2=O)c(C)c1)c1ccc(Cl)cc1. The van der Waals surface area contributed by atoms with E-state index in [0.717, 1.165) is 21.3 Å². The van der Waals surface area contributed by atoms with Crippen molar-refractivity contribution in [2.75, 3.05) is 13.2 Å². The van der Waals surface area contributed by atoms with Crippen LogP contribution in [0.3, 0.4) is 0 Å². The van der Waals surface area contributed by atoms with E-state index in [2.05, 4.69) is 5.32 Å². The third-order valence-corrected chi connectivity index (χ3v) is 5.80. The van der Waals surface area contributed by atoms with Crippen LogP contribution in [0.25, 0.3) is 0 Å². The molecule has 0 aliphatic rings. The van der Waals surface area contributed by atoms with Crippen LogP contribution in [0.15, 0.2) is 64.3 Å². The second-order valence-corrected chi connectivity index (χ2v) is 8.58. The topological polar surface area (TPSA) is 91.6 Å². The number of esters is 1. The summed E-state index contributed by atoms with van der Waals surface area (Å²) in [5.41, 5.74) is 2.16. The zero-order valence-electron chi connectivity index (χ0n) is 20.1. The summed E-state index contributed by atoms with van der Waals surface area (Å²) in [6.07, 6.45) is 1.65. The molecule has 1 aromatic heterocycles. The number of aromatic nitrogens is 2. The lowest BCUT2D eigenvalue weighted by Gasteiger charge is -2.19. The Bertz CT molecular complexity index is 1270. The van der Waals surface area contributed by atoms with E-state index in [-0.39, 0.29) is 42.8 Å². The van der Waals surface area contributed by atoms with E-state index in [1.807, 2.05) is 37.3 Å². The first kappa shape index (κ1) is 26.2. The normalized spacial score (nSPS) is 11.8. The highest BCUT2D eigenvalue weighted by Gasteiger charge is 2.17. The first-order valence-electron chi connectivity index (χ1n) is 11.4. The Hall–Kier alpha value is -3.36. The fourth-order valence-corrected chi connectivity index (χ4v) is 3.81. The van der Waals surface area contributed by atoms with Crippen molar-refractivity contribution < 1.29 is 14.3 Å². The predicted molar refractivity (Wildman–Crippen MR) is 135 cm³/mol. The van der Waals surface area contributed by atoms with Gasteiger partial charge >= 0.3 is 11.7 Å². The number of benzene rings is 2. The summed E-state index contributed by atoms with van der Waals surface area (Å²) in [5, 5.41) is 4.06.